The van der Waals surface area contributed by atoms with Gasteiger partial charge in [0.25, 0.3) is 0 Å². The number of hydrogen-bond acceptors (Lipinski definition) is 4. The summed E-state index contributed by atoms with van der Waals surface area (Å²) in [7, 11) is 0. The normalized spacial score (nSPS) is 24.4. The number of carbonyl (C=O) groups excluding carboxylic acids is 1. The monoisotopic (exact) mass is 355 g/mol. The van der Waals surface area contributed by atoms with E-state index in [-0.39, 0.29) is 11.6 Å². The molecule has 1 aliphatic heterocycles. The first-order chi connectivity index (χ1) is 9.87. The molecule has 0 amide bonds. The second kappa shape index (κ2) is 6.36. The van der Waals surface area contributed by atoms with Crippen molar-refractivity contribution in [2.24, 2.45) is 0 Å². The van der Waals surface area contributed by atoms with Crippen LogP contribution in [0.4, 0.5) is 5.69 Å². The second-order valence-electron chi connectivity index (χ2n) is 5.97. The van der Waals surface area contributed by atoms with Gasteiger partial charge in [0.1, 0.15) is 5.54 Å². The molecule has 1 aromatic rings. The van der Waals surface area contributed by atoms with Crippen molar-refractivity contribution < 1.29 is 14.3 Å². The van der Waals surface area contributed by atoms with Crippen LogP contribution < -0.4 is 5.32 Å². The fourth-order valence-corrected chi connectivity index (χ4v) is 3.04. The molecule has 0 saturated carbocycles. The molecular formula is C16H22BrNO3. The molecule has 0 aliphatic carbocycles. The lowest BCUT2D eigenvalue weighted by Crippen LogP contribution is -2.56. The maximum atomic E-state index is 12.5. The summed E-state index contributed by atoms with van der Waals surface area (Å²) in [5, 5.41) is 3.39. The van der Waals surface area contributed by atoms with Gasteiger partial charge >= 0.3 is 5.97 Å². The van der Waals surface area contributed by atoms with Crippen LogP contribution in [-0.2, 0) is 14.3 Å². The fourth-order valence-electron chi connectivity index (χ4n) is 2.78. The smallest absolute Gasteiger partial charge is 0.331 e. The molecule has 0 spiro atoms. The summed E-state index contributed by atoms with van der Waals surface area (Å²) < 4.78 is 12.1. The third kappa shape index (κ3) is 3.98. The van der Waals surface area contributed by atoms with Crippen LogP contribution in [0.5, 0.6) is 0 Å². The standard InChI is InChI=1S/C16H22BrNO3/c1-4-20-14(19)16(9-10-21-15(2,3)11-16)18-13-7-5-12(17)6-8-13/h5-8,18H,4,9-11H2,1-3H3. The molecule has 0 bridgehead atoms. The van der Waals surface area contributed by atoms with Crippen molar-refractivity contribution in [3.8, 4) is 0 Å². The minimum Gasteiger partial charge on any atom is -0.464 e. The van der Waals surface area contributed by atoms with Gasteiger partial charge in [-0.15, -0.1) is 0 Å². The number of nitrogens with one attached hydrogen (secondary N) is 1. The zero-order valence-corrected chi connectivity index (χ0v) is 14.3. The van der Waals surface area contributed by atoms with E-state index in [2.05, 4.69) is 21.2 Å². The number of benzene rings is 1. The SMILES string of the molecule is CCOC(=O)C1(Nc2ccc(Br)cc2)CCOC(C)(C)C1. The summed E-state index contributed by atoms with van der Waals surface area (Å²) in [6.45, 7) is 6.75. The highest BCUT2D eigenvalue weighted by molar-refractivity contribution is 9.10. The van der Waals surface area contributed by atoms with Crippen LogP contribution in [0.1, 0.15) is 33.6 Å². The van der Waals surface area contributed by atoms with E-state index in [1.807, 2.05) is 45.0 Å². The highest BCUT2D eigenvalue weighted by Crippen LogP contribution is 2.36. The highest BCUT2D eigenvalue weighted by atomic mass is 79.9. The summed E-state index contributed by atoms with van der Waals surface area (Å²) in [5.41, 5.74) is -0.178. The van der Waals surface area contributed by atoms with E-state index < -0.39 is 5.54 Å². The van der Waals surface area contributed by atoms with Crippen LogP contribution in [0.2, 0.25) is 0 Å². The van der Waals surface area contributed by atoms with Gasteiger partial charge in [0.15, 0.2) is 0 Å². The number of hydrogen-bond donors (Lipinski definition) is 1. The Morgan fingerprint density at radius 2 is 2.05 bits per heavy atom. The summed E-state index contributed by atoms with van der Waals surface area (Å²) in [6, 6.07) is 7.80. The Hall–Kier alpha value is -1.07. The molecule has 1 aliphatic rings. The van der Waals surface area contributed by atoms with Crippen molar-refractivity contribution in [1.29, 1.82) is 0 Å². The molecule has 5 heteroatoms. The fraction of sp³-hybridized carbons (Fsp3) is 0.562. The third-order valence-corrected chi connectivity index (χ3v) is 4.17. The van der Waals surface area contributed by atoms with E-state index in [0.29, 0.717) is 26.1 Å². The molecular weight excluding hydrogens is 334 g/mol. The van der Waals surface area contributed by atoms with Crippen molar-refractivity contribution in [1.82, 2.24) is 0 Å². The number of halogens is 1. The predicted molar refractivity (Wildman–Crippen MR) is 86.4 cm³/mol. The van der Waals surface area contributed by atoms with Gasteiger partial charge < -0.3 is 14.8 Å². The van der Waals surface area contributed by atoms with Gasteiger partial charge in [0.2, 0.25) is 0 Å². The molecule has 1 saturated heterocycles. The molecule has 1 atom stereocenters. The van der Waals surface area contributed by atoms with Gasteiger partial charge in [0, 0.05) is 23.0 Å². The zero-order chi connectivity index (χ0) is 15.5. The molecule has 116 valence electrons. The Bertz CT molecular complexity index is 501. The molecule has 2 rings (SSSR count). The lowest BCUT2D eigenvalue weighted by Gasteiger charge is -2.43. The maximum Gasteiger partial charge on any atom is 0.331 e. The minimum absolute atomic E-state index is 0.204. The Balaban J connectivity index is 2.27. The first-order valence-corrected chi connectivity index (χ1v) is 8.01. The van der Waals surface area contributed by atoms with Crippen LogP contribution in [-0.4, -0.2) is 30.3 Å². The number of rotatable bonds is 4. The van der Waals surface area contributed by atoms with E-state index >= 15 is 0 Å². The molecule has 1 unspecified atom stereocenters. The van der Waals surface area contributed by atoms with E-state index in [4.69, 9.17) is 9.47 Å². The maximum absolute atomic E-state index is 12.5. The molecule has 1 fully saturated rings. The Labute approximate surface area is 134 Å². The average molecular weight is 356 g/mol. The van der Waals surface area contributed by atoms with Gasteiger partial charge in [0.05, 0.1) is 18.8 Å². The van der Waals surface area contributed by atoms with E-state index in [9.17, 15) is 4.79 Å². The van der Waals surface area contributed by atoms with E-state index in [1.165, 1.54) is 0 Å². The second-order valence-corrected chi connectivity index (χ2v) is 6.89. The minimum atomic E-state index is -0.731. The van der Waals surface area contributed by atoms with Gasteiger partial charge in [-0.1, -0.05) is 15.9 Å². The lowest BCUT2D eigenvalue weighted by molar-refractivity contribution is -0.158. The number of esters is 1. The first-order valence-electron chi connectivity index (χ1n) is 7.22. The molecule has 1 N–H and O–H groups in total. The number of anilines is 1. The Morgan fingerprint density at radius 3 is 2.62 bits per heavy atom. The molecule has 4 nitrogen and oxygen atoms in total. The highest BCUT2D eigenvalue weighted by Gasteiger charge is 2.47. The molecule has 1 aromatic carbocycles. The van der Waals surface area contributed by atoms with Gasteiger partial charge in [-0.3, -0.25) is 0 Å². The summed E-state index contributed by atoms with van der Waals surface area (Å²) >= 11 is 3.42. The average Bonchev–Trinajstić information content (AvgIpc) is 2.40. The largest absolute Gasteiger partial charge is 0.464 e. The quantitative estimate of drug-likeness (QED) is 0.835. The summed E-state index contributed by atoms with van der Waals surface area (Å²) in [5.74, 6) is -0.204. The van der Waals surface area contributed by atoms with E-state index in [0.717, 1.165) is 10.2 Å². The van der Waals surface area contributed by atoms with Crippen LogP contribution in [0, 0.1) is 0 Å². The van der Waals surface area contributed by atoms with Crippen LogP contribution in [0.3, 0.4) is 0 Å². The Morgan fingerprint density at radius 1 is 1.38 bits per heavy atom. The van der Waals surface area contributed by atoms with Crippen molar-refractivity contribution in [2.75, 3.05) is 18.5 Å². The third-order valence-electron chi connectivity index (χ3n) is 3.64. The topological polar surface area (TPSA) is 47.6 Å². The summed E-state index contributed by atoms with van der Waals surface area (Å²) in [6.07, 6.45) is 1.18. The predicted octanol–water partition coefficient (Wildman–Crippen LogP) is 3.75. The van der Waals surface area contributed by atoms with Gasteiger partial charge in [-0.2, -0.15) is 0 Å². The number of carbonyl (C=O) groups is 1. The van der Waals surface area contributed by atoms with Gasteiger partial charge in [-0.25, -0.2) is 4.79 Å². The molecule has 0 aromatic heterocycles. The van der Waals surface area contributed by atoms with Crippen molar-refractivity contribution in [3.63, 3.8) is 0 Å². The van der Waals surface area contributed by atoms with Crippen molar-refractivity contribution in [3.05, 3.63) is 28.7 Å². The van der Waals surface area contributed by atoms with Crippen molar-refractivity contribution in [2.45, 2.75) is 44.8 Å². The molecule has 1 heterocycles. The zero-order valence-electron chi connectivity index (χ0n) is 12.7. The Kier molecular flexibility index (Phi) is 4.94. The summed E-state index contributed by atoms with van der Waals surface area (Å²) in [4.78, 5) is 12.5. The number of ether oxygens (including phenoxy) is 2. The van der Waals surface area contributed by atoms with Gasteiger partial charge in [-0.05, 0) is 45.0 Å². The van der Waals surface area contributed by atoms with Crippen LogP contribution in [0.15, 0.2) is 28.7 Å². The van der Waals surface area contributed by atoms with Crippen LogP contribution in [0.25, 0.3) is 0 Å². The first kappa shape index (κ1) is 16.3. The molecule has 21 heavy (non-hydrogen) atoms. The van der Waals surface area contributed by atoms with Crippen LogP contribution >= 0.6 is 15.9 Å². The van der Waals surface area contributed by atoms with Crippen molar-refractivity contribution >= 4 is 27.6 Å². The van der Waals surface area contributed by atoms with E-state index in [1.54, 1.807) is 0 Å². The lowest BCUT2D eigenvalue weighted by atomic mass is 9.81. The molecule has 0 radical (unpaired) electrons.